The Kier molecular flexibility index (Phi) is 55.7. The topological polar surface area (TPSA) is 78.9 Å². The van der Waals surface area contributed by atoms with Gasteiger partial charge in [-0.1, -0.05) is 262 Å². The fraction of sp³-hybridized carbons (Fsp3) is 0.825. The van der Waals surface area contributed by atoms with Gasteiger partial charge in [-0.2, -0.15) is 0 Å². The van der Waals surface area contributed by atoms with Crippen LogP contribution < -0.4 is 0 Å². The number of esters is 3. The maximum atomic E-state index is 12.7. The molecule has 6 heteroatoms. The summed E-state index contributed by atoms with van der Waals surface area (Å²) < 4.78 is 16.7. The van der Waals surface area contributed by atoms with E-state index in [1.165, 1.54) is 193 Å². The Hall–Kier alpha value is -2.63. The minimum Gasteiger partial charge on any atom is -0.462 e. The lowest BCUT2D eigenvalue weighted by molar-refractivity contribution is -0.167. The monoisotopic (exact) mass is 967 g/mol. The van der Waals surface area contributed by atoms with Gasteiger partial charge in [-0.25, -0.2) is 0 Å². The van der Waals surface area contributed by atoms with Gasteiger partial charge in [-0.3, -0.25) is 14.4 Å². The molecule has 402 valence electrons. The Balaban J connectivity index is 3.89. The number of unbranched alkanes of at least 4 members (excludes halogenated alkanes) is 36. The second-order valence-electron chi connectivity index (χ2n) is 20.3. The highest BCUT2D eigenvalue weighted by atomic mass is 16.6. The Labute approximate surface area is 428 Å². The van der Waals surface area contributed by atoms with E-state index < -0.39 is 6.10 Å². The first-order valence-corrected chi connectivity index (χ1v) is 30.1. The fourth-order valence-corrected chi connectivity index (χ4v) is 8.74. The maximum absolute atomic E-state index is 12.7. The van der Waals surface area contributed by atoms with Crippen molar-refractivity contribution in [2.75, 3.05) is 13.2 Å². The van der Waals surface area contributed by atoms with Gasteiger partial charge in [-0.15, -0.1) is 0 Å². The Morgan fingerprint density at radius 3 is 0.841 bits per heavy atom. The zero-order chi connectivity index (χ0) is 50.0. The molecule has 0 saturated carbocycles. The molecular weight excluding hydrogens is 853 g/mol. The highest BCUT2D eigenvalue weighted by Gasteiger charge is 2.19. The molecule has 0 bridgehead atoms. The van der Waals surface area contributed by atoms with Gasteiger partial charge in [-0.05, 0) is 83.5 Å². The molecular formula is C63H114O6. The summed E-state index contributed by atoms with van der Waals surface area (Å²) in [6.45, 7) is 6.55. The van der Waals surface area contributed by atoms with Gasteiger partial charge in [0.1, 0.15) is 13.2 Å². The van der Waals surface area contributed by atoms with Gasteiger partial charge < -0.3 is 14.2 Å². The van der Waals surface area contributed by atoms with Gasteiger partial charge in [0.2, 0.25) is 0 Å². The fourth-order valence-electron chi connectivity index (χ4n) is 8.74. The van der Waals surface area contributed by atoms with Crippen LogP contribution in [0.25, 0.3) is 0 Å². The summed E-state index contributed by atoms with van der Waals surface area (Å²) in [6, 6.07) is 0. The number of rotatable bonds is 55. The number of carbonyl (C=O) groups is 3. The molecule has 0 aromatic rings. The lowest BCUT2D eigenvalue weighted by Gasteiger charge is -2.18. The zero-order valence-electron chi connectivity index (χ0n) is 46.1. The van der Waals surface area contributed by atoms with E-state index in [9.17, 15) is 14.4 Å². The average Bonchev–Trinajstić information content (AvgIpc) is 3.35. The van der Waals surface area contributed by atoms with Crippen LogP contribution in [0, 0.1) is 0 Å². The highest BCUT2D eigenvalue weighted by Crippen LogP contribution is 2.17. The van der Waals surface area contributed by atoms with E-state index >= 15 is 0 Å². The smallest absolute Gasteiger partial charge is 0.306 e. The molecule has 0 saturated heterocycles. The molecule has 0 N–H and O–H groups in total. The van der Waals surface area contributed by atoms with Crippen molar-refractivity contribution in [2.24, 2.45) is 0 Å². The summed E-state index contributed by atoms with van der Waals surface area (Å²) in [5, 5.41) is 0. The summed E-state index contributed by atoms with van der Waals surface area (Å²) in [5.41, 5.74) is 0. The van der Waals surface area contributed by atoms with Crippen LogP contribution in [0.15, 0.2) is 48.6 Å². The van der Waals surface area contributed by atoms with E-state index in [1.807, 2.05) is 0 Å². The van der Waals surface area contributed by atoms with Crippen LogP contribution in [0.1, 0.15) is 316 Å². The van der Waals surface area contributed by atoms with Crippen molar-refractivity contribution in [3.05, 3.63) is 48.6 Å². The molecule has 6 nitrogen and oxygen atoms in total. The van der Waals surface area contributed by atoms with Crippen molar-refractivity contribution in [2.45, 2.75) is 322 Å². The third-order valence-corrected chi connectivity index (χ3v) is 13.3. The normalized spacial score (nSPS) is 12.3. The third-order valence-electron chi connectivity index (χ3n) is 13.3. The van der Waals surface area contributed by atoms with Gasteiger partial charge in [0.15, 0.2) is 6.10 Å². The number of hydrogen-bond donors (Lipinski definition) is 0. The molecule has 1 unspecified atom stereocenters. The van der Waals surface area contributed by atoms with E-state index in [-0.39, 0.29) is 31.1 Å². The molecule has 0 aromatic carbocycles. The molecule has 0 amide bonds. The minimum absolute atomic E-state index is 0.0734. The minimum atomic E-state index is -0.770. The maximum Gasteiger partial charge on any atom is 0.306 e. The molecule has 0 aliphatic heterocycles. The molecule has 0 radical (unpaired) electrons. The van der Waals surface area contributed by atoms with Crippen molar-refractivity contribution in [3.63, 3.8) is 0 Å². The molecule has 0 spiro atoms. The van der Waals surface area contributed by atoms with Crippen molar-refractivity contribution in [1.82, 2.24) is 0 Å². The van der Waals surface area contributed by atoms with Crippen LogP contribution in [-0.4, -0.2) is 37.2 Å². The molecule has 0 aromatic heterocycles. The van der Waals surface area contributed by atoms with Crippen LogP contribution in [0.5, 0.6) is 0 Å². The number of carbonyl (C=O) groups excluding carboxylic acids is 3. The lowest BCUT2D eigenvalue weighted by Crippen LogP contribution is -2.30. The number of allylic oxidation sites excluding steroid dienone is 8. The van der Waals surface area contributed by atoms with Crippen molar-refractivity contribution in [1.29, 1.82) is 0 Å². The molecule has 0 aliphatic rings. The van der Waals surface area contributed by atoms with E-state index in [0.717, 1.165) is 83.5 Å². The molecule has 0 heterocycles. The number of hydrogen-bond acceptors (Lipinski definition) is 6. The molecule has 0 rings (SSSR count). The standard InChI is InChI=1S/C63H114O6/c1-4-7-10-13-15-17-19-21-22-23-24-25-26-27-28-29-30-31-32-33-34-35-36-37-38-39-40-42-43-45-47-50-53-56-62(65)68-59-60(58-67-61(64)55-52-49-12-9-6-3)69-63(66)57-54-51-48-46-44-41-20-18-16-14-11-8-5-2/h18-21,23-24,26-27,60H,4-17,22,25,28-59H2,1-3H3/b20-18-,21-19-,24-23-,27-26-. The average molecular weight is 968 g/mol. The van der Waals surface area contributed by atoms with E-state index in [0.29, 0.717) is 19.3 Å². The second kappa shape index (κ2) is 57.9. The predicted molar refractivity (Wildman–Crippen MR) is 298 cm³/mol. The molecule has 0 fully saturated rings. The quantitative estimate of drug-likeness (QED) is 0.0262. The summed E-state index contributed by atoms with van der Waals surface area (Å²) >= 11 is 0. The zero-order valence-corrected chi connectivity index (χ0v) is 46.1. The largest absolute Gasteiger partial charge is 0.462 e. The first-order chi connectivity index (χ1) is 34.0. The third kappa shape index (κ3) is 56.2. The van der Waals surface area contributed by atoms with E-state index in [4.69, 9.17) is 14.2 Å². The van der Waals surface area contributed by atoms with Gasteiger partial charge >= 0.3 is 17.9 Å². The van der Waals surface area contributed by atoms with Crippen molar-refractivity contribution >= 4 is 17.9 Å². The van der Waals surface area contributed by atoms with Crippen LogP contribution in [-0.2, 0) is 28.6 Å². The molecule has 0 aliphatic carbocycles. The summed E-state index contributed by atoms with van der Waals surface area (Å²) in [5.74, 6) is -0.885. The van der Waals surface area contributed by atoms with Crippen molar-refractivity contribution < 1.29 is 28.6 Å². The second-order valence-corrected chi connectivity index (χ2v) is 20.3. The van der Waals surface area contributed by atoms with Gasteiger partial charge in [0.25, 0.3) is 0 Å². The van der Waals surface area contributed by atoms with Gasteiger partial charge in [0.05, 0.1) is 0 Å². The Morgan fingerprint density at radius 1 is 0.290 bits per heavy atom. The van der Waals surface area contributed by atoms with Crippen molar-refractivity contribution in [3.8, 4) is 0 Å². The summed E-state index contributed by atoms with van der Waals surface area (Å²) in [7, 11) is 0. The summed E-state index contributed by atoms with van der Waals surface area (Å²) in [6.07, 6.45) is 71.8. The first kappa shape index (κ1) is 66.4. The highest BCUT2D eigenvalue weighted by molar-refractivity contribution is 5.71. The summed E-state index contributed by atoms with van der Waals surface area (Å²) in [4.78, 5) is 37.7. The Morgan fingerprint density at radius 2 is 0.522 bits per heavy atom. The molecule has 1 atom stereocenters. The molecule has 69 heavy (non-hydrogen) atoms. The van der Waals surface area contributed by atoms with Crippen LogP contribution in [0.4, 0.5) is 0 Å². The Bertz CT molecular complexity index is 1200. The van der Waals surface area contributed by atoms with E-state index in [2.05, 4.69) is 69.4 Å². The SMILES string of the molecule is CCCCCC/C=C\CCCCCCCC(=O)OC(COC(=O)CCCCCCC)COC(=O)CCCCCCCCCCCCCCCCCCCC/C=C\C/C=C\C/C=C\CCCCCCC. The van der Waals surface area contributed by atoms with Crippen LogP contribution >= 0.6 is 0 Å². The van der Waals surface area contributed by atoms with Gasteiger partial charge in [0, 0.05) is 19.3 Å². The van der Waals surface area contributed by atoms with Crippen LogP contribution in [0.3, 0.4) is 0 Å². The van der Waals surface area contributed by atoms with E-state index in [1.54, 1.807) is 0 Å². The lowest BCUT2D eigenvalue weighted by atomic mass is 10.0. The van der Waals surface area contributed by atoms with Crippen LogP contribution in [0.2, 0.25) is 0 Å². The number of ether oxygens (including phenoxy) is 3. The predicted octanol–water partition coefficient (Wildman–Crippen LogP) is 20.2. The first-order valence-electron chi connectivity index (χ1n) is 30.1.